The van der Waals surface area contributed by atoms with Crippen LogP contribution in [-0.4, -0.2) is 45.6 Å². The molecule has 2 aromatic heterocycles. The van der Waals surface area contributed by atoms with Crippen molar-refractivity contribution in [3.63, 3.8) is 0 Å². The summed E-state index contributed by atoms with van der Waals surface area (Å²) >= 11 is 1.27. The molecule has 0 aliphatic carbocycles. The fourth-order valence-corrected chi connectivity index (χ4v) is 4.44. The molecule has 0 radical (unpaired) electrons. The molecule has 1 amide bonds. The molecule has 0 unspecified atom stereocenters. The molecule has 1 saturated heterocycles. The van der Waals surface area contributed by atoms with Crippen LogP contribution >= 0.6 is 11.3 Å². The van der Waals surface area contributed by atoms with Crippen LogP contribution in [0.5, 0.6) is 0 Å². The Bertz CT molecular complexity index is 990. The molecule has 1 fully saturated rings. The normalized spacial score (nSPS) is 17.1. The fourth-order valence-electron chi connectivity index (χ4n) is 3.60. The van der Waals surface area contributed by atoms with Crippen LogP contribution in [0.3, 0.4) is 0 Å². The lowest BCUT2D eigenvalue weighted by Crippen LogP contribution is -2.46. The minimum atomic E-state index is -0.468. The number of piperidine rings is 1. The van der Waals surface area contributed by atoms with E-state index >= 15 is 0 Å². The summed E-state index contributed by atoms with van der Waals surface area (Å²) in [6.07, 6.45) is 2.05. The maximum atomic E-state index is 12.9. The second-order valence-electron chi connectivity index (χ2n) is 6.89. The predicted molar refractivity (Wildman–Crippen MR) is 107 cm³/mol. The Morgan fingerprint density at radius 1 is 1.25 bits per heavy atom. The molecule has 1 aliphatic heterocycles. The van der Waals surface area contributed by atoms with Crippen molar-refractivity contribution >= 4 is 33.4 Å². The maximum absolute atomic E-state index is 12.9. The van der Waals surface area contributed by atoms with Gasteiger partial charge in [-0.25, -0.2) is 4.79 Å². The number of carbonyl (C=O) groups excluding carboxylic acids is 2. The largest absolute Gasteiger partial charge is 0.466 e. The minimum Gasteiger partial charge on any atom is -0.466 e. The Morgan fingerprint density at radius 2 is 2.04 bits per heavy atom. The summed E-state index contributed by atoms with van der Waals surface area (Å²) < 4.78 is 8.13. The van der Waals surface area contributed by atoms with Crippen molar-refractivity contribution in [2.24, 2.45) is 5.92 Å². The number of aromatic nitrogens is 2. The zero-order valence-electron chi connectivity index (χ0n) is 16.2. The Morgan fingerprint density at radius 3 is 2.75 bits per heavy atom. The van der Waals surface area contributed by atoms with E-state index < -0.39 is 5.69 Å². The highest BCUT2D eigenvalue weighted by Gasteiger charge is 2.30. The lowest BCUT2D eigenvalue weighted by Gasteiger charge is -2.31. The van der Waals surface area contributed by atoms with Gasteiger partial charge in [0.05, 0.1) is 18.0 Å². The molecule has 0 aromatic carbocycles. The first-order valence-corrected chi connectivity index (χ1v) is 10.5. The summed E-state index contributed by atoms with van der Waals surface area (Å²) in [6, 6.07) is 1.70. The van der Waals surface area contributed by atoms with Crippen molar-refractivity contribution in [2.45, 2.75) is 46.2 Å². The molecule has 0 saturated carbocycles. The number of nitrogens with zero attached hydrogens (tertiary/aromatic N) is 3. The van der Waals surface area contributed by atoms with Crippen molar-refractivity contribution < 1.29 is 14.3 Å². The van der Waals surface area contributed by atoms with Crippen LogP contribution in [0.1, 0.15) is 33.1 Å². The standard InChI is InChI=1S/C19H25N3O5S/c1-3-8-21-17(24)16-14(7-10-28-16)22(19(21)26)12-15(23)20-9-5-6-13(11-20)18(25)27-4-2/h7,10,13H,3-6,8-9,11-12H2,1-2H3/t13-/m1/s1. The molecule has 1 aliphatic rings. The zero-order chi connectivity index (χ0) is 20.3. The van der Waals surface area contributed by atoms with Crippen molar-refractivity contribution in [1.82, 2.24) is 14.0 Å². The maximum Gasteiger partial charge on any atom is 0.332 e. The van der Waals surface area contributed by atoms with E-state index in [0.717, 1.165) is 0 Å². The molecule has 3 heterocycles. The molecule has 3 rings (SSSR count). The number of thiophene rings is 1. The number of likely N-dealkylation sites (tertiary alicyclic amines) is 1. The summed E-state index contributed by atoms with van der Waals surface area (Å²) in [6.45, 7) is 4.98. The summed E-state index contributed by atoms with van der Waals surface area (Å²) in [4.78, 5) is 51.9. The predicted octanol–water partition coefficient (Wildman–Crippen LogP) is 1.44. The van der Waals surface area contributed by atoms with Crippen LogP contribution in [0.4, 0.5) is 0 Å². The lowest BCUT2D eigenvalue weighted by molar-refractivity contribution is -0.151. The number of rotatable bonds is 6. The van der Waals surface area contributed by atoms with E-state index in [4.69, 9.17) is 4.74 Å². The molecular formula is C19H25N3O5S. The van der Waals surface area contributed by atoms with Crippen LogP contribution in [-0.2, 0) is 27.4 Å². The molecule has 8 nitrogen and oxygen atoms in total. The van der Waals surface area contributed by atoms with Gasteiger partial charge in [0.1, 0.15) is 11.2 Å². The van der Waals surface area contributed by atoms with Gasteiger partial charge in [0.15, 0.2) is 0 Å². The van der Waals surface area contributed by atoms with Gasteiger partial charge in [0.2, 0.25) is 5.91 Å². The number of hydrogen-bond donors (Lipinski definition) is 0. The third kappa shape index (κ3) is 3.89. The third-order valence-corrected chi connectivity index (χ3v) is 5.86. The van der Waals surface area contributed by atoms with Gasteiger partial charge >= 0.3 is 11.7 Å². The number of ether oxygens (including phenoxy) is 1. The van der Waals surface area contributed by atoms with Gasteiger partial charge in [-0.3, -0.25) is 23.5 Å². The quantitative estimate of drug-likeness (QED) is 0.676. The Balaban J connectivity index is 1.87. The number of amides is 1. The highest BCUT2D eigenvalue weighted by molar-refractivity contribution is 7.17. The van der Waals surface area contributed by atoms with Crippen LogP contribution < -0.4 is 11.2 Å². The number of hydrogen-bond acceptors (Lipinski definition) is 6. The average Bonchev–Trinajstić information content (AvgIpc) is 3.18. The Labute approximate surface area is 166 Å². The van der Waals surface area contributed by atoms with E-state index in [2.05, 4.69) is 0 Å². The molecule has 152 valence electrons. The van der Waals surface area contributed by atoms with Gasteiger partial charge in [-0.1, -0.05) is 6.92 Å². The van der Waals surface area contributed by atoms with E-state index in [9.17, 15) is 19.2 Å². The monoisotopic (exact) mass is 407 g/mol. The highest BCUT2D eigenvalue weighted by atomic mass is 32.1. The van der Waals surface area contributed by atoms with Crippen molar-refractivity contribution in [1.29, 1.82) is 0 Å². The van der Waals surface area contributed by atoms with Gasteiger partial charge in [-0.2, -0.15) is 0 Å². The number of fused-ring (bicyclic) bond motifs is 1. The van der Waals surface area contributed by atoms with E-state index in [-0.39, 0.29) is 29.9 Å². The number of esters is 1. The van der Waals surface area contributed by atoms with E-state index in [1.165, 1.54) is 20.5 Å². The topological polar surface area (TPSA) is 90.6 Å². The molecule has 2 aromatic rings. The van der Waals surface area contributed by atoms with Crippen LogP contribution in [0.15, 0.2) is 21.0 Å². The first kappa shape index (κ1) is 20.3. The van der Waals surface area contributed by atoms with Gasteiger partial charge in [0.25, 0.3) is 5.56 Å². The smallest absolute Gasteiger partial charge is 0.332 e. The van der Waals surface area contributed by atoms with E-state index in [0.29, 0.717) is 55.7 Å². The lowest BCUT2D eigenvalue weighted by atomic mass is 9.98. The second-order valence-corrected chi connectivity index (χ2v) is 7.81. The molecule has 0 bridgehead atoms. The Kier molecular flexibility index (Phi) is 6.33. The van der Waals surface area contributed by atoms with Crippen molar-refractivity contribution in [3.05, 3.63) is 32.3 Å². The SMILES string of the molecule is CCCn1c(=O)c2sccc2n(CC(=O)N2CCC[C@@H](C(=O)OCC)C2)c1=O. The summed E-state index contributed by atoms with van der Waals surface area (Å²) in [5.74, 6) is -0.844. The third-order valence-electron chi connectivity index (χ3n) is 4.97. The fraction of sp³-hybridized carbons (Fsp3) is 0.579. The van der Waals surface area contributed by atoms with Crippen molar-refractivity contribution in [2.75, 3.05) is 19.7 Å². The summed E-state index contributed by atoms with van der Waals surface area (Å²) in [5.41, 5.74) is -0.286. The molecule has 28 heavy (non-hydrogen) atoms. The molecule has 1 atom stereocenters. The van der Waals surface area contributed by atoms with Gasteiger partial charge in [0, 0.05) is 19.6 Å². The van der Waals surface area contributed by atoms with Gasteiger partial charge < -0.3 is 9.64 Å². The average molecular weight is 407 g/mol. The van der Waals surface area contributed by atoms with Crippen LogP contribution in [0.25, 0.3) is 10.2 Å². The van der Waals surface area contributed by atoms with Crippen molar-refractivity contribution in [3.8, 4) is 0 Å². The summed E-state index contributed by atoms with van der Waals surface area (Å²) in [5, 5.41) is 1.75. The second kappa shape index (κ2) is 8.72. The minimum absolute atomic E-state index is 0.147. The molecule has 0 N–H and O–H groups in total. The van der Waals surface area contributed by atoms with Gasteiger partial charge in [-0.05, 0) is 37.6 Å². The molecule has 9 heteroatoms. The zero-order valence-corrected chi connectivity index (χ0v) is 17.0. The number of carbonyl (C=O) groups is 2. The molecule has 0 spiro atoms. The highest BCUT2D eigenvalue weighted by Crippen LogP contribution is 2.19. The van der Waals surface area contributed by atoms with Crippen LogP contribution in [0.2, 0.25) is 0 Å². The van der Waals surface area contributed by atoms with Gasteiger partial charge in [-0.15, -0.1) is 11.3 Å². The van der Waals surface area contributed by atoms with E-state index in [1.54, 1.807) is 23.3 Å². The molecular weight excluding hydrogens is 382 g/mol. The summed E-state index contributed by atoms with van der Waals surface area (Å²) in [7, 11) is 0. The van der Waals surface area contributed by atoms with E-state index in [1.807, 2.05) is 6.92 Å². The first-order chi connectivity index (χ1) is 13.5. The Hall–Kier alpha value is -2.42. The first-order valence-electron chi connectivity index (χ1n) is 9.63. The van der Waals surface area contributed by atoms with Crippen LogP contribution in [0, 0.1) is 5.92 Å².